The molecular formula is C22H32FeN6O4+2. The Morgan fingerprint density at radius 1 is 0.697 bits per heavy atom. The van der Waals surface area contributed by atoms with Crippen LogP contribution in [0.2, 0.25) is 0 Å². The second-order valence-electron chi connectivity index (χ2n) is 6.90. The van der Waals surface area contributed by atoms with Crippen LogP contribution in [0.25, 0.3) is 0 Å². The van der Waals surface area contributed by atoms with E-state index < -0.39 is 12.1 Å². The molecule has 11 heteroatoms. The number of hydrogen-bond donors (Lipinski definition) is 6. The van der Waals surface area contributed by atoms with Gasteiger partial charge in [0.05, 0.1) is 11.8 Å². The van der Waals surface area contributed by atoms with Gasteiger partial charge in [-0.25, -0.2) is 0 Å². The first kappa shape index (κ1) is 31.3. The fourth-order valence-corrected chi connectivity index (χ4v) is 2.44. The Bertz CT molecular complexity index is 558. The van der Waals surface area contributed by atoms with Gasteiger partial charge in [-0.3, -0.25) is 19.2 Å². The van der Waals surface area contributed by atoms with E-state index in [4.69, 9.17) is 11.5 Å². The van der Waals surface area contributed by atoms with Crippen LogP contribution in [0.15, 0.2) is 0 Å². The van der Waals surface area contributed by atoms with Gasteiger partial charge in [0.25, 0.3) is 0 Å². The number of rotatable bonds is 10. The molecule has 2 aliphatic carbocycles. The van der Waals surface area contributed by atoms with Crippen LogP contribution in [-0.4, -0.2) is 61.9 Å². The number of nitrogens with two attached hydrogens (primary N) is 2. The van der Waals surface area contributed by atoms with Crippen LogP contribution >= 0.6 is 0 Å². The maximum atomic E-state index is 11.6. The van der Waals surface area contributed by atoms with Gasteiger partial charge in [0, 0.05) is 26.2 Å². The second-order valence-corrected chi connectivity index (χ2v) is 6.90. The molecule has 0 aromatic carbocycles. The van der Waals surface area contributed by atoms with Gasteiger partial charge in [-0.1, -0.05) is 0 Å². The third-order valence-corrected chi connectivity index (χ3v) is 4.22. The first-order valence-electron chi connectivity index (χ1n) is 10.3. The van der Waals surface area contributed by atoms with E-state index in [1.54, 1.807) is 65.2 Å². The van der Waals surface area contributed by atoms with Crippen molar-refractivity contribution in [1.82, 2.24) is 21.3 Å². The van der Waals surface area contributed by atoms with Crippen molar-refractivity contribution in [2.24, 2.45) is 11.5 Å². The minimum atomic E-state index is -0.561. The van der Waals surface area contributed by atoms with E-state index in [0.29, 0.717) is 38.0 Å². The van der Waals surface area contributed by atoms with Crippen molar-refractivity contribution in [2.75, 3.05) is 26.2 Å². The number of hydrogen-bond acceptors (Lipinski definition) is 6. The molecule has 2 saturated carbocycles. The molecule has 0 bridgehead atoms. The zero-order valence-corrected chi connectivity index (χ0v) is 19.8. The summed E-state index contributed by atoms with van der Waals surface area (Å²) >= 11 is 0. The van der Waals surface area contributed by atoms with Crippen molar-refractivity contribution in [2.45, 2.75) is 25.9 Å². The third kappa shape index (κ3) is 12.4. The predicted octanol–water partition coefficient (Wildman–Crippen LogP) is -2.06. The summed E-state index contributed by atoms with van der Waals surface area (Å²) in [4.78, 5) is 46.0. The van der Waals surface area contributed by atoms with Gasteiger partial charge in [-0.05, 0) is 65.2 Å². The number of carbonyl (C=O) groups excluding carboxylic acids is 4. The van der Waals surface area contributed by atoms with E-state index >= 15 is 0 Å². The summed E-state index contributed by atoms with van der Waals surface area (Å²) < 4.78 is 0. The Morgan fingerprint density at radius 3 is 1.27 bits per heavy atom. The Morgan fingerprint density at radius 2 is 1.00 bits per heavy atom. The van der Waals surface area contributed by atoms with Gasteiger partial charge in [-0.2, -0.15) is 0 Å². The van der Waals surface area contributed by atoms with E-state index in [1.807, 2.05) is 0 Å². The van der Waals surface area contributed by atoms with Crippen molar-refractivity contribution in [3.05, 3.63) is 63.2 Å². The minimum Gasteiger partial charge on any atom is -0.353 e. The second kappa shape index (κ2) is 17.7. The molecule has 2 atom stereocenters. The zero-order valence-electron chi connectivity index (χ0n) is 18.7. The molecule has 180 valence electrons. The molecule has 8 N–H and O–H groups in total. The van der Waals surface area contributed by atoms with E-state index in [-0.39, 0.29) is 40.7 Å². The number of amides is 4. The SMILES string of the molecule is C[C@H](NC(=O)[C]1[CH][CH][CH][CH]1)C(=O)NCCN.C[C@H](NC(=O)[C]1[CH][CH][CH][CH]1)C(=O)NCCN.[Fe+2]. The molecule has 0 unspecified atom stereocenters. The molecule has 2 fully saturated rings. The molecule has 10 radical (unpaired) electrons. The van der Waals surface area contributed by atoms with Gasteiger partial charge in [0.15, 0.2) is 0 Å². The smallest absolute Gasteiger partial charge is 0.353 e. The largest absolute Gasteiger partial charge is 2.00 e. The molecule has 33 heavy (non-hydrogen) atoms. The summed E-state index contributed by atoms with van der Waals surface area (Å²) in [6.45, 7) is 4.86. The van der Waals surface area contributed by atoms with Crippen LogP contribution in [-0.2, 0) is 36.2 Å². The standard InChI is InChI=1S/2C11H16N3O2.Fe/c2*1-8(10(15)13-7-6-12)14-11(16)9-4-2-3-5-9;/h2*2-5,8H,6-7,12H2,1H3,(H,13,15)(H,14,16);/q;;+2/t2*8-;/m00./s1. The number of nitrogens with one attached hydrogen (secondary N) is 4. The molecule has 2 rings (SSSR count). The fourth-order valence-electron chi connectivity index (χ4n) is 2.44. The molecule has 0 heterocycles. The third-order valence-electron chi connectivity index (χ3n) is 4.22. The molecule has 2 aliphatic rings. The van der Waals surface area contributed by atoms with Crippen LogP contribution in [0.1, 0.15) is 13.8 Å². The quantitative estimate of drug-likeness (QED) is 0.189. The minimum absolute atomic E-state index is 0. The first-order valence-corrected chi connectivity index (χ1v) is 10.3. The summed E-state index contributed by atoms with van der Waals surface area (Å²) in [5.74, 6) is 0.147. The van der Waals surface area contributed by atoms with Gasteiger partial charge < -0.3 is 32.7 Å². The Hall–Kier alpha value is -1.68. The van der Waals surface area contributed by atoms with Crippen LogP contribution < -0.4 is 32.7 Å². The topological polar surface area (TPSA) is 168 Å². The molecular weight excluding hydrogens is 468 g/mol. The maximum absolute atomic E-state index is 11.6. The Balaban J connectivity index is 0.000000602. The fraction of sp³-hybridized carbons (Fsp3) is 0.364. The summed E-state index contributed by atoms with van der Waals surface area (Å²) in [5.41, 5.74) is 10.5. The average molecular weight is 500 g/mol. The molecule has 10 nitrogen and oxygen atoms in total. The van der Waals surface area contributed by atoms with E-state index in [2.05, 4.69) is 21.3 Å². The summed E-state index contributed by atoms with van der Waals surface area (Å²) in [5, 5.41) is 10.4. The summed E-state index contributed by atoms with van der Waals surface area (Å²) in [7, 11) is 0. The Labute approximate surface area is 208 Å². The van der Waals surface area contributed by atoms with Gasteiger partial charge >= 0.3 is 17.1 Å². The molecule has 0 saturated heterocycles. The Kier molecular flexibility index (Phi) is 16.8. The van der Waals surface area contributed by atoms with Crippen LogP contribution in [0, 0.1) is 63.2 Å². The maximum Gasteiger partial charge on any atom is 2.00 e. The summed E-state index contributed by atoms with van der Waals surface area (Å²) in [6.07, 6.45) is 13.9. The van der Waals surface area contributed by atoms with Crippen LogP contribution in [0.3, 0.4) is 0 Å². The molecule has 0 aliphatic heterocycles. The van der Waals surface area contributed by atoms with Crippen molar-refractivity contribution in [3.63, 3.8) is 0 Å². The summed E-state index contributed by atoms with van der Waals surface area (Å²) in [6, 6.07) is -1.12. The molecule has 0 aromatic heterocycles. The zero-order chi connectivity index (χ0) is 23.9. The normalized spacial score (nSPS) is 17.6. The predicted molar refractivity (Wildman–Crippen MR) is 120 cm³/mol. The van der Waals surface area contributed by atoms with Crippen molar-refractivity contribution in [1.29, 1.82) is 0 Å². The molecule has 4 amide bonds. The monoisotopic (exact) mass is 500 g/mol. The van der Waals surface area contributed by atoms with Crippen LogP contribution in [0.5, 0.6) is 0 Å². The van der Waals surface area contributed by atoms with Crippen molar-refractivity contribution in [3.8, 4) is 0 Å². The van der Waals surface area contributed by atoms with E-state index in [9.17, 15) is 19.2 Å². The van der Waals surface area contributed by atoms with E-state index in [1.165, 1.54) is 0 Å². The van der Waals surface area contributed by atoms with Crippen molar-refractivity contribution >= 4 is 23.6 Å². The van der Waals surface area contributed by atoms with Crippen molar-refractivity contribution < 1.29 is 36.2 Å². The average Bonchev–Trinajstić information content (AvgIpc) is 3.50. The molecule has 0 spiro atoms. The van der Waals surface area contributed by atoms with Gasteiger partial charge in [0.2, 0.25) is 23.6 Å². The van der Waals surface area contributed by atoms with Gasteiger partial charge in [0.1, 0.15) is 12.1 Å². The van der Waals surface area contributed by atoms with Gasteiger partial charge in [-0.15, -0.1) is 0 Å². The molecule has 0 aromatic rings. The number of carbonyl (C=O) groups is 4. The first-order chi connectivity index (χ1) is 15.3. The van der Waals surface area contributed by atoms with Crippen LogP contribution in [0.4, 0.5) is 0 Å². The van der Waals surface area contributed by atoms with E-state index in [0.717, 1.165) is 0 Å².